The molecule has 2 saturated heterocycles. The number of rotatable bonds is 2. The van der Waals surface area contributed by atoms with E-state index in [0.717, 1.165) is 14.9 Å². The van der Waals surface area contributed by atoms with E-state index < -0.39 is 35.8 Å². The number of imide groups is 1. The third-order valence-corrected chi connectivity index (χ3v) is 5.26. The number of hydrogen-bond donors (Lipinski definition) is 1. The van der Waals surface area contributed by atoms with Gasteiger partial charge in [0.25, 0.3) is 17.7 Å². The Morgan fingerprint density at radius 1 is 1.00 bits per heavy atom. The summed E-state index contributed by atoms with van der Waals surface area (Å²) >= 11 is 0. The zero-order chi connectivity index (χ0) is 19.3. The molecule has 2 atom stereocenters. The summed E-state index contributed by atoms with van der Waals surface area (Å²) in [5, 5.41) is 11.6. The molecule has 9 nitrogen and oxygen atoms in total. The van der Waals surface area contributed by atoms with Crippen LogP contribution in [0.15, 0.2) is 24.3 Å². The lowest BCUT2D eigenvalue weighted by molar-refractivity contribution is -0.181. The third kappa shape index (κ3) is 2.49. The van der Waals surface area contributed by atoms with E-state index in [9.17, 15) is 29.1 Å². The van der Waals surface area contributed by atoms with Crippen LogP contribution in [0.1, 0.15) is 46.4 Å². The zero-order valence-corrected chi connectivity index (χ0v) is 14.3. The van der Waals surface area contributed by atoms with Gasteiger partial charge >= 0.3 is 5.97 Å². The van der Waals surface area contributed by atoms with E-state index in [1.165, 1.54) is 12.1 Å². The van der Waals surface area contributed by atoms with Gasteiger partial charge in [-0.1, -0.05) is 12.1 Å². The van der Waals surface area contributed by atoms with Crippen molar-refractivity contribution in [2.45, 2.75) is 37.8 Å². The molecular weight excluding hydrogens is 354 g/mol. The van der Waals surface area contributed by atoms with E-state index in [-0.39, 0.29) is 42.8 Å². The van der Waals surface area contributed by atoms with Crippen molar-refractivity contribution in [3.63, 3.8) is 0 Å². The van der Waals surface area contributed by atoms with Crippen molar-refractivity contribution in [1.29, 1.82) is 0 Å². The molecule has 0 radical (unpaired) electrons. The number of hydrogen-bond acceptors (Lipinski definition) is 5. The predicted octanol–water partition coefficient (Wildman–Crippen LogP) is 0.264. The summed E-state index contributed by atoms with van der Waals surface area (Å²) < 4.78 is 0. The molecule has 0 saturated carbocycles. The molecule has 2 fully saturated rings. The number of amides is 4. The Morgan fingerprint density at radius 2 is 1.63 bits per heavy atom. The average Bonchev–Trinajstić information content (AvgIpc) is 2.84. The van der Waals surface area contributed by atoms with Crippen LogP contribution in [-0.4, -0.2) is 68.3 Å². The lowest BCUT2D eigenvalue weighted by Crippen LogP contribution is -2.62. The maximum absolute atomic E-state index is 13.2. The van der Waals surface area contributed by atoms with Crippen LogP contribution in [0, 0.1) is 0 Å². The van der Waals surface area contributed by atoms with E-state index in [2.05, 4.69) is 0 Å². The average molecular weight is 371 g/mol. The van der Waals surface area contributed by atoms with Crippen molar-refractivity contribution in [3.05, 3.63) is 35.4 Å². The van der Waals surface area contributed by atoms with Gasteiger partial charge in [0, 0.05) is 13.0 Å². The van der Waals surface area contributed by atoms with Crippen molar-refractivity contribution in [3.8, 4) is 0 Å². The van der Waals surface area contributed by atoms with Gasteiger partial charge in [-0.3, -0.25) is 29.1 Å². The molecule has 9 heteroatoms. The molecule has 0 aliphatic carbocycles. The van der Waals surface area contributed by atoms with E-state index in [1.54, 1.807) is 12.1 Å². The topological polar surface area (TPSA) is 115 Å². The molecule has 1 N–H and O–H groups in total. The van der Waals surface area contributed by atoms with Crippen molar-refractivity contribution in [1.82, 2.24) is 14.9 Å². The normalized spacial score (nSPS) is 25.4. The number of fused-ring (bicyclic) bond motifs is 2. The lowest BCUT2D eigenvalue weighted by atomic mass is 10.1. The van der Waals surface area contributed by atoms with Crippen LogP contribution in [0.5, 0.6) is 0 Å². The van der Waals surface area contributed by atoms with Crippen molar-refractivity contribution < 1.29 is 29.1 Å². The maximum atomic E-state index is 13.2. The Kier molecular flexibility index (Phi) is 3.94. The fraction of sp³-hybridized carbons (Fsp3) is 0.389. The molecule has 1 aromatic rings. The Bertz CT molecular complexity index is 847. The van der Waals surface area contributed by atoms with Gasteiger partial charge in [-0.05, 0) is 31.4 Å². The minimum absolute atomic E-state index is 0.0253. The standard InChI is InChI=1S/C18H17N3O6/c22-14-8-7-12(17(25)21-13(18(26)27)6-3-9-19(14)21)20-15(23)10-4-1-2-5-11(10)16(20)24/h1-2,4-5,12-13H,3,6-9H2,(H,26,27)/t12-,13+/m0/s1. The number of carboxylic acids is 1. The summed E-state index contributed by atoms with van der Waals surface area (Å²) in [5.41, 5.74) is 0.410. The number of aliphatic carboxylic acids is 1. The SMILES string of the molecule is O=C(O)[C@H]1CCCN2C(=O)CC[C@H](N3C(=O)c4ccccc4C3=O)C(=O)N12. The van der Waals surface area contributed by atoms with Crippen LogP contribution < -0.4 is 0 Å². The number of carbonyl (C=O) groups excluding carboxylic acids is 4. The largest absolute Gasteiger partial charge is 0.480 e. The number of carboxylic acid groups (broad SMARTS) is 1. The van der Waals surface area contributed by atoms with Gasteiger partial charge in [-0.2, -0.15) is 0 Å². The number of benzene rings is 1. The first-order valence-electron chi connectivity index (χ1n) is 8.75. The van der Waals surface area contributed by atoms with Crippen LogP contribution in [-0.2, 0) is 14.4 Å². The summed E-state index contributed by atoms with van der Waals surface area (Å²) in [6, 6.07) is 3.87. The highest BCUT2D eigenvalue weighted by atomic mass is 16.4. The summed E-state index contributed by atoms with van der Waals surface area (Å²) in [6.07, 6.45) is 0.596. The molecule has 3 aliphatic rings. The molecule has 0 bridgehead atoms. The summed E-state index contributed by atoms with van der Waals surface area (Å²) in [5.74, 6) is -3.50. The van der Waals surface area contributed by atoms with Gasteiger partial charge in [0.2, 0.25) is 5.91 Å². The fourth-order valence-corrected chi connectivity index (χ4v) is 3.97. The number of nitrogens with zero attached hydrogens (tertiary/aromatic N) is 3. The minimum Gasteiger partial charge on any atom is -0.480 e. The summed E-state index contributed by atoms with van der Waals surface area (Å²) in [7, 11) is 0. The van der Waals surface area contributed by atoms with Gasteiger partial charge < -0.3 is 5.11 Å². The van der Waals surface area contributed by atoms with Crippen LogP contribution in [0.2, 0.25) is 0 Å². The molecule has 3 heterocycles. The molecular formula is C18H17N3O6. The Morgan fingerprint density at radius 3 is 2.22 bits per heavy atom. The third-order valence-electron chi connectivity index (χ3n) is 5.26. The highest BCUT2D eigenvalue weighted by Gasteiger charge is 2.50. The molecule has 0 aromatic heterocycles. The number of carbonyl (C=O) groups is 5. The fourth-order valence-electron chi connectivity index (χ4n) is 3.97. The van der Waals surface area contributed by atoms with Crippen LogP contribution in [0.4, 0.5) is 0 Å². The second kappa shape index (κ2) is 6.19. The quantitative estimate of drug-likeness (QED) is 0.746. The van der Waals surface area contributed by atoms with Crippen LogP contribution >= 0.6 is 0 Å². The van der Waals surface area contributed by atoms with Gasteiger partial charge in [-0.25, -0.2) is 9.80 Å². The van der Waals surface area contributed by atoms with Crippen molar-refractivity contribution in [2.75, 3.05) is 6.54 Å². The smallest absolute Gasteiger partial charge is 0.328 e. The van der Waals surface area contributed by atoms with E-state index in [4.69, 9.17) is 0 Å². The van der Waals surface area contributed by atoms with Gasteiger partial charge in [-0.15, -0.1) is 0 Å². The zero-order valence-electron chi connectivity index (χ0n) is 14.3. The van der Waals surface area contributed by atoms with Gasteiger partial charge in [0.1, 0.15) is 6.04 Å². The molecule has 3 aliphatic heterocycles. The second-order valence-corrected chi connectivity index (χ2v) is 6.78. The maximum Gasteiger partial charge on any atom is 0.328 e. The van der Waals surface area contributed by atoms with E-state index >= 15 is 0 Å². The first-order valence-corrected chi connectivity index (χ1v) is 8.75. The Labute approximate surface area is 154 Å². The minimum atomic E-state index is -1.22. The van der Waals surface area contributed by atoms with Crippen LogP contribution in [0.3, 0.4) is 0 Å². The van der Waals surface area contributed by atoms with Gasteiger partial charge in [0.05, 0.1) is 11.1 Å². The molecule has 0 unspecified atom stereocenters. The van der Waals surface area contributed by atoms with Crippen molar-refractivity contribution in [2.24, 2.45) is 0 Å². The lowest BCUT2D eigenvalue weighted by Gasteiger charge is -2.42. The molecule has 27 heavy (non-hydrogen) atoms. The molecule has 140 valence electrons. The Balaban J connectivity index is 1.73. The molecule has 0 spiro atoms. The summed E-state index contributed by atoms with van der Waals surface area (Å²) in [6.45, 7) is 0.239. The van der Waals surface area contributed by atoms with E-state index in [1.807, 2.05) is 0 Å². The number of hydrazine groups is 1. The van der Waals surface area contributed by atoms with Crippen LogP contribution in [0.25, 0.3) is 0 Å². The second-order valence-electron chi connectivity index (χ2n) is 6.78. The van der Waals surface area contributed by atoms with Gasteiger partial charge in [0.15, 0.2) is 6.04 Å². The first kappa shape index (κ1) is 17.2. The van der Waals surface area contributed by atoms with Crippen molar-refractivity contribution >= 4 is 29.6 Å². The molecule has 4 rings (SSSR count). The molecule has 1 aromatic carbocycles. The predicted molar refractivity (Wildman–Crippen MR) is 89.2 cm³/mol. The highest BCUT2D eigenvalue weighted by Crippen LogP contribution is 2.31. The molecule has 4 amide bonds. The monoisotopic (exact) mass is 371 g/mol. The Hall–Kier alpha value is -3.23. The van der Waals surface area contributed by atoms with E-state index in [0.29, 0.717) is 6.42 Å². The highest BCUT2D eigenvalue weighted by molar-refractivity contribution is 6.23. The first-order chi connectivity index (χ1) is 12.9. The summed E-state index contributed by atoms with van der Waals surface area (Å²) in [4.78, 5) is 63.6.